The second-order valence-electron chi connectivity index (χ2n) is 4.05. The lowest BCUT2D eigenvalue weighted by molar-refractivity contribution is 0.565. The molecule has 0 aliphatic heterocycles. The van der Waals surface area contributed by atoms with Crippen molar-refractivity contribution >= 4 is 23.1 Å². The Morgan fingerprint density at radius 2 is 2.05 bits per heavy atom. The minimum absolute atomic E-state index is 0.483. The van der Waals surface area contributed by atoms with E-state index in [1.807, 2.05) is 0 Å². The molecule has 0 saturated carbocycles. The van der Waals surface area contributed by atoms with E-state index in [-0.39, 0.29) is 0 Å². The molecule has 0 radical (unpaired) electrons. The Kier molecular flexibility index (Phi) is 5.82. The van der Waals surface area contributed by atoms with Gasteiger partial charge in [0.15, 0.2) is 0 Å². The molecule has 2 aromatic rings. The van der Waals surface area contributed by atoms with Crippen molar-refractivity contribution in [2.24, 2.45) is 0 Å². The maximum Gasteiger partial charge on any atom is 0.139 e. The lowest BCUT2D eigenvalue weighted by Crippen LogP contribution is -2.19. The van der Waals surface area contributed by atoms with Crippen LogP contribution in [-0.4, -0.2) is 18.8 Å². The summed E-state index contributed by atoms with van der Waals surface area (Å²) >= 11 is 3.11. The van der Waals surface area contributed by atoms with Gasteiger partial charge in [-0.15, -0.1) is 11.8 Å². The van der Waals surface area contributed by atoms with Gasteiger partial charge in [-0.2, -0.15) is 11.3 Å². The van der Waals surface area contributed by atoms with E-state index in [2.05, 4.69) is 22.1 Å². The number of rotatable bonds is 7. The molecule has 0 spiro atoms. The fourth-order valence-corrected chi connectivity index (χ4v) is 3.15. The summed E-state index contributed by atoms with van der Waals surface area (Å²) in [5, 5.41) is 7.53. The first-order valence-electron chi connectivity index (χ1n) is 6.05. The first-order valence-corrected chi connectivity index (χ1v) is 7.98. The Bertz CT molecular complexity index is 500. The molecular weight excluding hydrogens is 284 g/mol. The van der Waals surface area contributed by atoms with E-state index in [0.29, 0.717) is 4.90 Å². The van der Waals surface area contributed by atoms with Crippen molar-refractivity contribution in [2.75, 3.05) is 18.8 Å². The molecule has 0 aliphatic carbocycles. The maximum absolute atomic E-state index is 13.3. The van der Waals surface area contributed by atoms with Gasteiger partial charge >= 0.3 is 0 Å². The Hall–Kier alpha value is -0.910. The van der Waals surface area contributed by atoms with E-state index in [1.165, 1.54) is 29.5 Å². The smallest absolute Gasteiger partial charge is 0.139 e. The number of hydrogen-bond donors (Lipinski definition) is 1. The van der Waals surface area contributed by atoms with Crippen molar-refractivity contribution < 1.29 is 8.78 Å². The second-order valence-corrected chi connectivity index (χ2v) is 5.97. The fraction of sp³-hybridized carbons (Fsp3) is 0.286. The summed E-state index contributed by atoms with van der Waals surface area (Å²) in [4.78, 5) is 0.501. The van der Waals surface area contributed by atoms with Crippen LogP contribution in [0.5, 0.6) is 0 Å². The Morgan fingerprint density at radius 3 is 2.79 bits per heavy atom. The van der Waals surface area contributed by atoms with E-state index in [1.54, 1.807) is 11.3 Å². The number of thiophene rings is 1. The molecule has 1 heterocycles. The van der Waals surface area contributed by atoms with Crippen LogP contribution in [-0.2, 0) is 6.42 Å². The van der Waals surface area contributed by atoms with Crippen LogP contribution in [0.25, 0.3) is 0 Å². The topological polar surface area (TPSA) is 12.0 Å². The Labute approximate surface area is 120 Å². The van der Waals surface area contributed by atoms with Gasteiger partial charge in [-0.05, 0) is 47.5 Å². The molecule has 2 rings (SSSR count). The molecule has 1 aromatic heterocycles. The van der Waals surface area contributed by atoms with Crippen LogP contribution in [0.15, 0.2) is 39.9 Å². The predicted molar refractivity (Wildman–Crippen MR) is 78.0 cm³/mol. The molecule has 0 unspecified atom stereocenters. The van der Waals surface area contributed by atoms with E-state index in [0.717, 1.165) is 31.3 Å². The zero-order chi connectivity index (χ0) is 13.5. The number of benzene rings is 1. The third-order valence-electron chi connectivity index (χ3n) is 2.60. The van der Waals surface area contributed by atoms with Crippen molar-refractivity contribution in [3.05, 3.63) is 52.2 Å². The monoisotopic (exact) mass is 299 g/mol. The van der Waals surface area contributed by atoms with Crippen molar-refractivity contribution in [3.8, 4) is 0 Å². The average Bonchev–Trinajstić information content (AvgIpc) is 2.89. The van der Waals surface area contributed by atoms with Crippen LogP contribution in [0.3, 0.4) is 0 Å². The summed E-state index contributed by atoms with van der Waals surface area (Å²) in [6.07, 6.45) is 1.01. The Balaban J connectivity index is 1.61. The largest absolute Gasteiger partial charge is 0.316 e. The number of thioether (sulfide) groups is 1. The number of nitrogens with one attached hydrogen (secondary N) is 1. The lowest BCUT2D eigenvalue weighted by Gasteiger charge is -2.05. The van der Waals surface area contributed by atoms with Crippen molar-refractivity contribution in [1.82, 2.24) is 5.32 Å². The lowest BCUT2D eigenvalue weighted by atomic mass is 10.2. The molecule has 5 heteroatoms. The van der Waals surface area contributed by atoms with Crippen LogP contribution in [0, 0.1) is 11.6 Å². The van der Waals surface area contributed by atoms with E-state index in [9.17, 15) is 8.78 Å². The highest BCUT2D eigenvalue weighted by Gasteiger charge is 2.03. The summed E-state index contributed by atoms with van der Waals surface area (Å²) in [7, 11) is 0. The van der Waals surface area contributed by atoms with Crippen molar-refractivity contribution in [3.63, 3.8) is 0 Å². The van der Waals surface area contributed by atoms with Crippen LogP contribution < -0.4 is 5.32 Å². The van der Waals surface area contributed by atoms with Gasteiger partial charge in [0.05, 0.1) is 0 Å². The zero-order valence-electron chi connectivity index (χ0n) is 10.4. The summed E-state index contributed by atoms with van der Waals surface area (Å²) in [5.74, 6) is -0.245. The summed E-state index contributed by atoms with van der Waals surface area (Å²) in [6, 6.07) is 5.82. The molecule has 0 aliphatic rings. The van der Waals surface area contributed by atoms with Gasteiger partial charge < -0.3 is 5.32 Å². The van der Waals surface area contributed by atoms with Crippen LogP contribution in [0.2, 0.25) is 0 Å². The van der Waals surface area contributed by atoms with Crippen LogP contribution in [0.4, 0.5) is 8.78 Å². The molecule has 1 aromatic carbocycles. The molecule has 102 valence electrons. The SMILES string of the molecule is Fc1ccc(SCCNCCc2ccsc2)c(F)c1. The third kappa shape index (κ3) is 4.93. The standard InChI is InChI=1S/C14H15F2NS2/c15-12-1-2-14(13(16)9-12)19-8-6-17-5-3-11-4-7-18-10-11/h1-2,4,7,9-10,17H,3,5-6,8H2. The fourth-order valence-electron chi connectivity index (χ4n) is 1.62. The second kappa shape index (κ2) is 7.62. The predicted octanol–water partition coefficient (Wildman–Crippen LogP) is 3.95. The summed E-state index contributed by atoms with van der Waals surface area (Å²) in [5.41, 5.74) is 1.34. The normalized spacial score (nSPS) is 10.8. The number of halogens is 2. The van der Waals surface area contributed by atoms with Gasteiger partial charge in [0.25, 0.3) is 0 Å². The summed E-state index contributed by atoms with van der Waals surface area (Å²) in [6.45, 7) is 1.73. The highest BCUT2D eigenvalue weighted by atomic mass is 32.2. The van der Waals surface area contributed by atoms with E-state index in [4.69, 9.17) is 0 Å². The Morgan fingerprint density at radius 1 is 1.16 bits per heavy atom. The van der Waals surface area contributed by atoms with E-state index >= 15 is 0 Å². The van der Waals surface area contributed by atoms with Crippen molar-refractivity contribution in [2.45, 2.75) is 11.3 Å². The quantitative estimate of drug-likeness (QED) is 0.614. The third-order valence-corrected chi connectivity index (χ3v) is 4.38. The van der Waals surface area contributed by atoms with Gasteiger partial charge in [0, 0.05) is 23.3 Å². The molecule has 1 N–H and O–H groups in total. The first kappa shape index (κ1) is 14.5. The molecule has 0 fully saturated rings. The molecule has 0 saturated heterocycles. The van der Waals surface area contributed by atoms with Crippen LogP contribution in [0.1, 0.15) is 5.56 Å². The molecule has 0 amide bonds. The minimum atomic E-state index is -0.532. The average molecular weight is 299 g/mol. The molecular formula is C14H15F2NS2. The molecule has 1 nitrogen and oxygen atoms in total. The van der Waals surface area contributed by atoms with E-state index < -0.39 is 11.6 Å². The van der Waals surface area contributed by atoms with Crippen LogP contribution >= 0.6 is 23.1 Å². The first-order chi connectivity index (χ1) is 9.25. The zero-order valence-corrected chi connectivity index (χ0v) is 12.0. The molecule has 0 atom stereocenters. The maximum atomic E-state index is 13.3. The van der Waals surface area contributed by atoms with Gasteiger partial charge in [-0.25, -0.2) is 8.78 Å². The summed E-state index contributed by atoms with van der Waals surface area (Å²) < 4.78 is 26.0. The highest BCUT2D eigenvalue weighted by Crippen LogP contribution is 2.21. The molecule has 0 bridgehead atoms. The van der Waals surface area contributed by atoms with Gasteiger partial charge in [0.1, 0.15) is 11.6 Å². The number of hydrogen-bond acceptors (Lipinski definition) is 3. The minimum Gasteiger partial charge on any atom is -0.316 e. The highest BCUT2D eigenvalue weighted by molar-refractivity contribution is 7.99. The van der Waals surface area contributed by atoms with Gasteiger partial charge in [0.2, 0.25) is 0 Å². The van der Waals surface area contributed by atoms with Gasteiger partial charge in [-0.3, -0.25) is 0 Å². The van der Waals surface area contributed by atoms with Crippen molar-refractivity contribution in [1.29, 1.82) is 0 Å². The molecule has 19 heavy (non-hydrogen) atoms. The van der Waals surface area contributed by atoms with Gasteiger partial charge in [-0.1, -0.05) is 0 Å².